The van der Waals surface area contributed by atoms with Crippen molar-refractivity contribution in [3.8, 4) is 11.4 Å². The Morgan fingerprint density at radius 3 is 3.19 bits per heavy atom. The predicted molar refractivity (Wildman–Crippen MR) is 103 cm³/mol. The molecule has 27 heavy (non-hydrogen) atoms. The quantitative estimate of drug-likeness (QED) is 0.741. The highest BCUT2D eigenvalue weighted by atomic mass is 16.5. The molecule has 2 N–H and O–H groups in total. The summed E-state index contributed by atoms with van der Waals surface area (Å²) >= 11 is 0. The standard InChI is InChI=1S/C20H23N5O2/c1-12-8-21-19-15(12)7-13(9-22-19)18-23-17-4-6-27-11-16(17)20(24-18)25-5-2-3-14(25)10-26/h7-9,14,26H,2-6,10-11H2,1H3,(H,21,22). The topological polar surface area (TPSA) is 87.2 Å². The number of aryl methyl sites for hydroxylation is 1. The van der Waals surface area contributed by atoms with Gasteiger partial charge in [-0.25, -0.2) is 15.0 Å². The maximum absolute atomic E-state index is 9.78. The Hall–Kier alpha value is -2.51. The van der Waals surface area contributed by atoms with Gasteiger partial charge in [0.05, 0.1) is 31.6 Å². The summed E-state index contributed by atoms with van der Waals surface area (Å²) in [4.78, 5) is 19.7. The number of fused-ring (bicyclic) bond motifs is 2. The maximum Gasteiger partial charge on any atom is 0.163 e. The van der Waals surface area contributed by atoms with Gasteiger partial charge >= 0.3 is 0 Å². The van der Waals surface area contributed by atoms with Crippen molar-refractivity contribution in [2.75, 3.05) is 24.7 Å². The third kappa shape index (κ3) is 2.78. The Morgan fingerprint density at radius 1 is 1.37 bits per heavy atom. The number of aromatic nitrogens is 4. The van der Waals surface area contributed by atoms with Crippen LogP contribution in [-0.4, -0.2) is 50.8 Å². The second-order valence-electron chi connectivity index (χ2n) is 7.36. The number of hydrogen-bond donors (Lipinski definition) is 2. The Labute approximate surface area is 157 Å². The first-order valence-corrected chi connectivity index (χ1v) is 9.53. The number of aromatic amines is 1. The number of aliphatic hydroxyl groups excluding tert-OH is 1. The average Bonchev–Trinajstić information content (AvgIpc) is 3.33. The summed E-state index contributed by atoms with van der Waals surface area (Å²) in [5.41, 5.74) is 5.07. The lowest BCUT2D eigenvalue weighted by Crippen LogP contribution is -2.34. The van der Waals surface area contributed by atoms with Crippen LogP contribution < -0.4 is 4.90 Å². The van der Waals surface area contributed by atoms with E-state index in [1.54, 1.807) is 0 Å². The molecule has 1 fully saturated rings. The molecule has 5 rings (SSSR count). The van der Waals surface area contributed by atoms with Gasteiger partial charge in [-0.1, -0.05) is 0 Å². The lowest BCUT2D eigenvalue weighted by atomic mass is 10.1. The van der Waals surface area contributed by atoms with Gasteiger partial charge in [-0.3, -0.25) is 0 Å². The predicted octanol–water partition coefficient (Wildman–Crippen LogP) is 2.36. The number of ether oxygens (including phenoxy) is 1. The normalized spacial score (nSPS) is 19.6. The van der Waals surface area contributed by atoms with E-state index in [0.29, 0.717) is 19.0 Å². The van der Waals surface area contributed by atoms with Gasteiger partial charge in [-0.2, -0.15) is 0 Å². The molecular formula is C20H23N5O2. The van der Waals surface area contributed by atoms with E-state index in [-0.39, 0.29) is 12.6 Å². The molecule has 0 amide bonds. The van der Waals surface area contributed by atoms with Crippen LogP contribution >= 0.6 is 0 Å². The molecule has 1 unspecified atom stereocenters. The summed E-state index contributed by atoms with van der Waals surface area (Å²) in [7, 11) is 0. The van der Waals surface area contributed by atoms with E-state index in [2.05, 4.69) is 27.9 Å². The molecular weight excluding hydrogens is 342 g/mol. The van der Waals surface area contributed by atoms with E-state index in [1.807, 2.05) is 12.4 Å². The van der Waals surface area contributed by atoms with Crippen molar-refractivity contribution >= 4 is 16.9 Å². The Morgan fingerprint density at radius 2 is 2.30 bits per heavy atom. The van der Waals surface area contributed by atoms with Crippen LogP contribution in [0.5, 0.6) is 0 Å². The van der Waals surface area contributed by atoms with Crippen molar-refractivity contribution in [2.45, 2.75) is 38.8 Å². The minimum Gasteiger partial charge on any atom is -0.394 e. The van der Waals surface area contributed by atoms with Crippen molar-refractivity contribution in [1.29, 1.82) is 0 Å². The summed E-state index contributed by atoms with van der Waals surface area (Å²) in [6.45, 7) is 4.33. The van der Waals surface area contributed by atoms with Crippen molar-refractivity contribution in [2.24, 2.45) is 0 Å². The van der Waals surface area contributed by atoms with Crippen LogP contribution in [0.25, 0.3) is 22.4 Å². The molecule has 0 bridgehead atoms. The van der Waals surface area contributed by atoms with Gasteiger partial charge in [0.25, 0.3) is 0 Å². The first-order valence-electron chi connectivity index (χ1n) is 9.53. The van der Waals surface area contributed by atoms with Crippen LogP contribution in [0.1, 0.15) is 29.7 Å². The SMILES string of the molecule is Cc1c[nH]c2ncc(-c3nc4c(c(N5CCCC5CO)n3)COCC4)cc12. The average molecular weight is 365 g/mol. The number of nitrogens with one attached hydrogen (secondary N) is 1. The summed E-state index contributed by atoms with van der Waals surface area (Å²) in [6.07, 6.45) is 6.64. The molecule has 1 atom stereocenters. The molecule has 3 aromatic heterocycles. The summed E-state index contributed by atoms with van der Waals surface area (Å²) in [5.74, 6) is 1.61. The monoisotopic (exact) mass is 365 g/mol. The number of rotatable bonds is 3. The van der Waals surface area contributed by atoms with E-state index in [1.165, 1.54) is 0 Å². The molecule has 7 nitrogen and oxygen atoms in total. The molecule has 7 heteroatoms. The molecule has 3 aromatic rings. The van der Waals surface area contributed by atoms with Gasteiger partial charge in [-0.15, -0.1) is 0 Å². The zero-order chi connectivity index (χ0) is 18.4. The number of nitrogens with zero attached hydrogens (tertiary/aromatic N) is 4. The van der Waals surface area contributed by atoms with Crippen LogP contribution in [0, 0.1) is 6.92 Å². The molecule has 2 aliphatic rings. The number of hydrogen-bond acceptors (Lipinski definition) is 6. The summed E-state index contributed by atoms with van der Waals surface area (Å²) < 4.78 is 5.69. The van der Waals surface area contributed by atoms with Gasteiger partial charge in [0.2, 0.25) is 0 Å². The third-order valence-corrected chi connectivity index (χ3v) is 5.66. The number of H-pyrrole nitrogens is 1. The highest BCUT2D eigenvalue weighted by molar-refractivity contribution is 5.83. The van der Waals surface area contributed by atoms with Crippen LogP contribution in [0.2, 0.25) is 0 Å². The van der Waals surface area contributed by atoms with Crippen LogP contribution in [0.3, 0.4) is 0 Å². The molecule has 0 saturated carbocycles. The number of anilines is 1. The fraction of sp³-hybridized carbons (Fsp3) is 0.450. The largest absolute Gasteiger partial charge is 0.394 e. The van der Waals surface area contributed by atoms with Gasteiger partial charge in [0, 0.05) is 41.9 Å². The zero-order valence-electron chi connectivity index (χ0n) is 15.4. The molecule has 0 aliphatic carbocycles. The number of aliphatic hydroxyl groups is 1. The third-order valence-electron chi connectivity index (χ3n) is 5.66. The van der Waals surface area contributed by atoms with Crippen LogP contribution in [0.15, 0.2) is 18.5 Å². The smallest absolute Gasteiger partial charge is 0.163 e. The van der Waals surface area contributed by atoms with Crippen LogP contribution in [0.4, 0.5) is 5.82 Å². The summed E-state index contributed by atoms with van der Waals surface area (Å²) in [6, 6.07) is 2.22. The molecule has 0 spiro atoms. The fourth-order valence-corrected chi connectivity index (χ4v) is 4.14. The van der Waals surface area contributed by atoms with E-state index in [4.69, 9.17) is 14.7 Å². The van der Waals surface area contributed by atoms with E-state index < -0.39 is 0 Å². The van der Waals surface area contributed by atoms with Gasteiger partial charge in [-0.05, 0) is 31.4 Å². The van der Waals surface area contributed by atoms with Gasteiger partial charge in [0.1, 0.15) is 11.5 Å². The maximum atomic E-state index is 9.78. The van der Waals surface area contributed by atoms with E-state index in [0.717, 1.165) is 65.0 Å². The van der Waals surface area contributed by atoms with Crippen molar-refractivity contribution < 1.29 is 9.84 Å². The lowest BCUT2D eigenvalue weighted by Gasteiger charge is -2.29. The fourth-order valence-electron chi connectivity index (χ4n) is 4.14. The molecule has 0 aromatic carbocycles. The van der Waals surface area contributed by atoms with Crippen molar-refractivity contribution in [3.05, 3.63) is 35.3 Å². The van der Waals surface area contributed by atoms with Crippen LogP contribution in [-0.2, 0) is 17.8 Å². The van der Waals surface area contributed by atoms with Gasteiger partial charge < -0.3 is 19.7 Å². The second-order valence-corrected chi connectivity index (χ2v) is 7.36. The lowest BCUT2D eigenvalue weighted by molar-refractivity contribution is 0.109. The zero-order valence-corrected chi connectivity index (χ0v) is 15.4. The molecule has 0 radical (unpaired) electrons. The first-order chi connectivity index (χ1) is 13.2. The molecule has 5 heterocycles. The van der Waals surface area contributed by atoms with Crippen molar-refractivity contribution in [1.82, 2.24) is 19.9 Å². The van der Waals surface area contributed by atoms with E-state index in [9.17, 15) is 5.11 Å². The Bertz CT molecular complexity index is 999. The minimum atomic E-state index is 0.117. The summed E-state index contributed by atoms with van der Waals surface area (Å²) in [5, 5.41) is 10.9. The Kier molecular flexibility index (Phi) is 4.06. The van der Waals surface area contributed by atoms with E-state index >= 15 is 0 Å². The molecule has 2 aliphatic heterocycles. The molecule has 1 saturated heterocycles. The first kappa shape index (κ1) is 16.6. The van der Waals surface area contributed by atoms with Crippen molar-refractivity contribution in [3.63, 3.8) is 0 Å². The van der Waals surface area contributed by atoms with Gasteiger partial charge in [0.15, 0.2) is 5.82 Å². The highest BCUT2D eigenvalue weighted by Crippen LogP contribution is 2.33. The minimum absolute atomic E-state index is 0.117. The molecule has 140 valence electrons. The Balaban J connectivity index is 1.66. The second kappa shape index (κ2) is 6.58. The number of pyridine rings is 1. The highest BCUT2D eigenvalue weighted by Gasteiger charge is 2.30.